The molecule has 1 fully saturated rings. The van der Waals surface area contributed by atoms with Crippen molar-refractivity contribution in [3.05, 3.63) is 48.4 Å². The molecule has 0 saturated carbocycles. The molecule has 1 aliphatic rings. The highest BCUT2D eigenvalue weighted by molar-refractivity contribution is 7.88. The molecule has 1 N–H and O–H groups in total. The number of piperazine rings is 1. The molecule has 0 spiro atoms. The second-order valence-electron chi connectivity index (χ2n) is 6.62. The number of para-hydroxylation sites is 1. The maximum absolute atomic E-state index is 12.5. The summed E-state index contributed by atoms with van der Waals surface area (Å²) in [6.45, 7) is 3.33. The van der Waals surface area contributed by atoms with Crippen LogP contribution in [0.4, 0.5) is 0 Å². The fourth-order valence-corrected chi connectivity index (χ4v) is 4.50. The Balaban J connectivity index is 1.39. The van der Waals surface area contributed by atoms with E-state index in [2.05, 4.69) is 20.4 Å². The molecule has 0 aliphatic carbocycles. The summed E-state index contributed by atoms with van der Waals surface area (Å²) >= 11 is 0. The molecule has 2 aromatic rings. The number of aromatic nitrogens is 1. The number of ether oxygens (including phenoxy) is 1. The van der Waals surface area contributed by atoms with Crippen molar-refractivity contribution in [2.24, 2.45) is 4.99 Å². The smallest absolute Gasteiger partial charge is 0.220 e. The molecule has 3 rings (SSSR count). The van der Waals surface area contributed by atoms with Crippen LogP contribution in [0.5, 0.6) is 5.75 Å². The van der Waals surface area contributed by atoms with Crippen LogP contribution in [0.3, 0.4) is 0 Å². The van der Waals surface area contributed by atoms with E-state index in [9.17, 15) is 8.42 Å². The van der Waals surface area contributed by atoms with Crippen LogP contribution in [0.1, 0.15) is 12.1 Å². The molecule has 1 aromatic carbocycles. The van der Waals surface area contributed by atoms with Gasteiger partial charge < -0.3 is 19.5 Å². The van der Waals surface area contributed by atoms with Gasteiger partial charge in [-0.1, -0.05) is 23.4 Å². The number of aliphatic imine (C=N–C) groups is 1. The minimum absolute atomic E-state index is 0.141. The molecule has 10 heteroatoms. The van der Waals surface area contributed by atoms with Gasteiger partial charge in [0.1, 0.15) is 17.8 Å². The van der Waals surface area contributed by atoms with Crippen molar-refractivity contribution < 1.29 is 17.7 Å². The number of rotatable bonds is 8. The largest absolute Gasteiger partial charge is 0.494 e. The summed E-state index contributed by atoms with van der Waals surface area (Å²) in [6, 6.07) is 11.3. The van der Waals surface area contributed by atoms with Crippen LogP contribution in [0, 0.1) is 0 Å². The molecule has 1 aromatic heterocycles. The lowest BCUT2D eigenvalue weighted by Gasteiger charge is -2.35. The fraction of sp³-hybridized carbons (Fsp3) is 0.474. The normalized spacial score (nSPS) is 16.0. The van der Waals surface area contributed by atoms with E-state index >= 15 is 0 Å². The summed E-state index contributed by atoms with van der Waals surface area (Å²) in [7, 11) is -1.67. The highest BCUT2D eigenvalue weighted by atomic mass is 32.2. The van der Waals surface area contributed by atoms with Gasteiger partial charge in [0.25, 0.3) is 0 Å². The number of benzene rings is 1. The second kappa shape index (κ2) is 10.3. The minimum atomic E-state index is -3.41. The first-order valence-electron chi connectivity index (χ1n) is 9.59. The summed E-state index contributed by atoms with van der Waals surface area (Å²) in [5.41, 5.74) is 0.419. The molecule has 9 nitrogen and oxygen atoms in total. The van der Waals surface area contributed by atoms with Gasteiger partial charge in [0.05, 0.1) is 12.3 Å². The molecule has 0 bridgehead atoms. The number of hydrogen-bond donors (Lipinski definition) is 1. The quantitative estimate of drug-likeness (QED) is 0.388. The highest BCUT2D eigenvalue weighted by Gasteiger charge is 2.28. The Morgan fingerprint density at radius 2 is 1.97 bits per heavy atom. The van der Waals surface area contributed by atoms with Crippen LogP contribution >= 0.6 is 0 Å². The molecule has 29 heavy (non-hydrogen) atoms. The predicted octanol–water partition coefficient (Wildman–Crippen LogP) is 1.17. The van der Waals surface area contributed by atoms with Crippen molar-refractivity contribution in [2.75, 3.05) is 46.4 Å². The molecule has 0 unspecified atom stereocenters. The maximum atomic E-state index is 12.5. The van der Waals surface area contributed by atoms with Crippen LogP contribution in [0.2, 0.25) is 0 Å². The Hall–Kier alpha value is -2.59. The molecule has 0 radical (unpaired) electrons. The number of guanidine groups is 1. The third-order valence-corrected chi connectivity index (χ3v) is 6.39. The first-order chi connectivity index (χ1) is 14.1. The molecule has 158 valence electrons. The van der Waals surface area contributed by atoms with Crippen molar-refractivity contribution in [1.29, 1.82) is 0 Å². The standard InChI is InChI=1S/C19H27N5O4S/c1-20-19(21-9-5-14-27-18-6-3-2-4-7-18)23-10-12-24(13-11-23)29(25,26)16-17-8-15-28-22-17/h2-4,6-8,15H,5,9-14,16H2,1H3,(H,20,21). The van der Waals surface area contributed by atoms with Gasteiger partial charge >= 0.3 is 0 Å². The molecule has 2 heterocycles. The Kier molecular flexibility index (Phi) is 7.48. The van der Waals surface area contributed by atoms with Crippen LogP contribution in [-0.2, 0) is 15.8 Å². The van der Waals surface area contributed by atoms with E-state index in [4.69, 9.17) is 9.26 Å². The van der Waals surface area contributed by atoms with Gasteiger partial charge in [0.15, 0.2) is 5.96 Å². The number of nitrogens with one attached hydrogen (secondary N) is 1. The number of nitrogens with zero attached hydrogens (tertiary/aromatic N) is 4. The summed E-state index contributed by atoms with van der Waals surface area (Å²) in [6.07, 6.45) is 2.21. The van der Waals surface area contributed by atoms with Crippen molar-refractivity contribution >= 4 is 16.0 Å². The topological polar surface area (TPSA) is 100 Å². The Labute approximate surface area is 171 Å². The van der Waals surface area contributed by atoms with Gasteiger partial charge in [-0.15, -0.1) is 0 Å². The van der Waals surface area contributed by atoms with E-state index in [0.29, 0.717) is 38.5 Å². The van der Waals surface area contributed by atoms with Gasteiger partial charge in [-0.3, -0.25) is 4.99 Å². The van der Waals surface area contributed by atoms with E-state index in [1.807, 2.05) is 30.3 Å². The van der Waals surface area contributed by atoms with E-state index in [-0.39, 0.29) is 5.75 Å². The zero-order valence-corrected chi connectivity index (χ0v) is 17.3. The lowest BCUT2D eigenvalue weighted by molar-refractivity contribution is 0.258. The molecule has 1 saturated heterocycles. The van der Waals surface area contributed by atoms with Crippen molar-refractivity contribution in [1.82, 2.24) is 19.7 Å². The summed E-state index contributed by atoms with van der Waals surface area (Å²) in [4.78, 5) is 6.39. The van der Waals surface area contributed by atoms with Crippen molar-refractivity contribution in [2.45, 2.75) is 12.2 Å². The van der Waals surface area contributed by atoms with E-state index in [1.54, 1.807) is 13.1 Å². The molecule has 0 amide bonds. The summed E-state index contributed by atoms with van der Waals surface area (Å²) < 4.78 is 37.0. The third-order valence-electron chi connectivity index (χ3n) is 4.58. The van der Waals surface area contributed by atoms with E-state index in [1.165, 1.54) is 10.6 Å². The zero-order valence-electron chi connectivity index (χ0n) is 16.5. The summed E-state index contributed by atoms with van der Waals surface area (Å²) in [5, 5.41) is 7.01. The lowest BCUT2D eigenvalue weighted by Crippen LogP contribution is -2.54. The lowest BCUT2D eigenvalue weighted by atomic mass is 10.3. The maximum Gasteiger partial charge on any atom is 0.220 e. The van der Waals surface area contributed by atoms with Gasteiger partial charge in [-0.05, 0) is 18.6 Å². The Bertz CT molecular complexity index is 863. The minimum Gasteiger partial charge on any atom is -0.494 e. The third kappa shape index (κ3) is 6.20. The average molecular weight is 422 g/mol. The van der Waals surface area contributed by atoms with Crippen molar-refractivity contribution in [3.63, 3.8) is 0 Å². The second-order valence-corrected chi connectivity index (χ2v) is 8.59. The van der Waals surface area contributed by atoms with E-state index in [0.717, 1.165) is 24.7 Å². The van der Waals surface area contributed by atoms with Crippen LogP contribution in [-0.4, -0.2) is 75.1 Å². The molecular weight excluding hydrogens is 394 g/mol. The first-order valence-corrected chi connectivity index (χ1v) is 11.2. The molecular formula is C19H27N5O4S. The highest BCUT2D eigenvalue weighted by Crippen LogP contribution is 2.13. The summed E-state index contributed by atoms with van der Waals surface area (Å²) in [5.74, 6) is 1.50. The predicted molar refractivity (Wildman–Crippen MR) is 110 cm³/mol. The Morgan fingerprint density at radius 3 is 2.62 bits per heavy atom. The van der Waals surface area contributed by atoms with Gasteiger partial charge in [-0.25, -0.2) is 8.42 Å². The Morgan fingerprint density at radius 1 is 1.21 bits per heavy atom. The van der Waals surface area contributed by atoms with Crippen molar-refractivity contribution in [3.8, 4) is 5.75 Å². The average Bonchev–Trinajstić information content (AvgIpc) is 3.24. The number of sulfonamides is 1. The number of hydrogen-bond acceptors (Lipinski definition) is 6. The monoisotopic (exact) mass is 421 g/mol. The van der Waals surface area contributed by atoms with Gasteiger partial charge in [0.2, 0.25) is 10.0 Å². The first kappa shape index (κ1) is 21.1. The van der Waals surface area contributed by atoms with Crippen LogP contribution < -0.4 is 10.1 Å². The molecule has 0 atom stereocenters. The zero-order chi connectivity index (χ0) is 20.5. The molecule has 1 aliphatic heterocycles. The SMILES string of the molecule is CN=C(NCCCOc1ccccc1)N1CCN(S(=O)(=O)Cc2ccon2)CC1. The fourth-order valence-electron chi connectivity index (χ4n) is 3.08. The van der Waals surface area contributed by atoms with Crippen LogP contribution in [0.25, 0.3) is 0 Å². The van der Waals surface area contributed by atoms with Crippen LogP contribution in [0.15, 0.2) is 52.2 Å². The van der Waals surface area contributed by atoms with Gasteiger partial charge in [0, 0.05) is 45.8 Å². The van der Waals surface area contributed by atoms with Gasteiger partial charge in [-0.2, -0.15) is 4.31 Å². The van der Waals surface area contributed by atoms with E-state index < -0.39 is 10.0 Å².